The van der Waals surface area contributed by atoms with Gasteiger partial charge >= 0.3 is 0 Å². The van der Waals surface area contributed by atoms with E-state index in [4.69, 9.17) is 0 Å². The van der Waals surface area contributed by atoms with Crippen LogP contribution in [-0.4, -0.2) is 21.0 Å². The zero-order valence-corrected chi connectivity index (χ0v) is 19.2. The minimum absolute atomic E-state index is 0.116. The zero-order valence-electron chi connectivity index (χ0n) is 14.4. The van der Waals surface area contributed by atoms with Crippen molar-refractivity contribution in [2.75, 3.05) is 0 Å². The van der Waals surface area contributed by atoms with Gasteiger partial charge in [-0.25, -0.2) is 4.98 Å². The smallest absolute Gasteiger partial charge is 0.282 e. The third-order valence-corrected chi connectivity index (χ3v) is 5.69. The number of rotatable bonds is 5. The zero-order chi connectivity index (χ0) is 19.6. The number of nitrogens with zero attached hydrogens (tertiary/aromatic N) is 3. The maximum Gasteiger partial charge on any atom is 0.282 e. The molecule has 0 saturated carbocycles. The SMILES string of the molecule is CCCCc1nc2ccc(Br)cc2c(=O)n1N=Cc1cc(Br)c(O)c(Br)c1. The molecule has 0 amide bonds. The summed E-state index contributed by atoms with van der Waals surface area (Å²) in [4.78, 5) is 17.6. The van der Waals surface area contributed by atoms with E-state index in [9.17, 15) is 9.90 Å². The van der Waals surface area contributed by atoms with E-state index in [0.717, 1.165) is 22.9 Å². The Kier molecular flexibility index (Phi) is 6.49. The summed E-state index contributed by atoms with van der Waals surface area (Å²) in [6.07, 6.45) is 4.16. The highest BCUT2D eigenvalue weighted by molar-refractivity contribution is 9.11. The van der Waals surface area contributed by atoms with Crippen molar-refractivity contribution in [2.24, 2.45) is 5.10 Å². The standard InChI is InChI=1S/C19H16Br3N3O2/c1-2-3-4-17-24-16-6-5-12(20)9-13(16)19(27)25(17)23-10-11-7-14(21)18(26)15(22)8-11/h5-10,26H,2-4H2,1H3. The number of benzene rings is 2. The summed E-state index contributed by atoms with van der Waals surface area (Å²) in [6, 6.07) is 8.92. The predicted molar refractivity (Wildman–Crippen MR) is 119 cm³/mol. The Morgan fingerprint density at radius 3 is 2.56 bits per heavy atom. The molecule has 8 heteroatoms. The van der Waals surface area contributed by atoms with Crippen LogP contribution in [0.1, 0.15) is 31.2 Å². The van der Waals surface area contributed by atoms with Gasteiger partial charge in [-0.2, -0.15) is 9.78 Å². The van der Waals surface area contributed by atoms with Gasteiger partial charge in [-0.1, -0.05) is 29.3 Å². The Hall–Kier alpha value is -1.51. The van der Waals surface area contributed by atoms with Crippen LogP contribution < -0.4 is 5.56 Å². The van der Waals surface area contributed by atoms with Crippen molar-refractivity contribution in [3.8, 4) is 5.75 Å². The molecule has 1 N–H and O–H groups in total. The maximum atomic E-state index is 13.0. The van der Waals surface area contributed by atoms with Gasteiger partial charge in [0, 0.05) is 10.9 Å². The number of halogens is 3. The first-order chi connectivity index (χ1) is 12.9. The molecule has 0 aliphatic heterocycles. The number of aromatic hydroxyl groups is 1. The Balaban J connectivity index is 2.13. The molecular weight excluding hydrogens is 542 g/mol. The predicted octanol–water partition coefficient (Wildman–Crippen LogP) is 5.61. The Bertz CT molecular complexity index is 1070. The molecule has 0 aliphatic carbocycles. The highest BCUT2D eigenvalue weighted by atomic mass is 79.9. The quantitative estimate of drug-likeness (QED) is 0.414. The Labute approximate surface area is 181 Å². The van der Waals surface area contributed by atoms with Crippen molar-refractivity contribution in [1.82, 2.24) is 9.66 Å². The van der Waals surface area contributed by atoms with Gasteiger partial charge in [0.1, 0.15) is 11.6 Å². The fourth-order valence-electron chi connectivity index (χ4n) is 2.59. The van der Waals surface area contributed by atoms with Crippen molar-refractivity contribution < 1.29 is 5.11 Å². The minimum atomic E-state index is -0.208. The maximum absolute atomic E-state index is 13.0. The lowest BCUT2D eigenvalue weighted by Gasteiger charge is -2.09. The fourth-order valence-corrected chi connectivity index (χ4v) is 4.18. The third kappa shape index (κ3) is 4.50. The van der Waals surface area contributed by atoms with E-state index in [1.54, 1.807) is 24.4 Å². The summed E-state index contributed by atoms with van der Waals surface area (Å²) >= 11 is 10.00. The van der Waals surface area contributed by atoms with Crippen molar-refractivity contribution in [2.45, 2.75) is 26.2 Å². The van der Waals surface area contributed by atoms with Gasteiger partial charge in [0.15, 0.2) is 0 Å². The van der Waals surface area contributed by atoms with Crippen molar-refractivity contribution in [1.29, 1.82) is 0 Å². The number of hydrogen-bond donors (Lipinski definition) is 1. The molecule has 0 aliphatic rings. The van der Waals surface area contributed by atoms with Gasteiger partial charge in [-0.3, -0.25) is 4.79 Å². The van der Waals surface area contributed by atoms with Gasteiger partial charge in [0.05, 0.1) is 26.1 Å². The van der Waals surface area contributed by atoms with Crippen molar-refractivity contribution in [3.05, 3.63) is 65.5 Å². The Morgan fingerprint density at radius 2 is 1.89 bits per heavy atom. The molecule has 0 atom stereocenters. The first-order valence-electron chi connectivity index (χ1n) is 8.34. The van der Waals surface area contributed by atoms with Crippen LogP contribution in [0, 0.1) is 0 Å². The van der Waals surface area contributed by atoms with E-state index in [1.165, 1.54) is 4.68 Å². The monoisotopic (exact) mass is 555 g/mol. The molecule has 0 saturated heterocycles. The number of fused-ring (bicyclic) bond motifs is 1. The highest BCUT2D eigenvalue weighted by Crippen LogP contribution is 2.32. The number of hydrogen-bond acceptors (Lipinski definition) is 4. The van der Waals surface area contributed by atoms with E-state index in [0.29, 0.717) is 32.1 Å². The van der Waals surface area contributed by atoms with E-state index < -0.39 is 0 Å². The van der Waals surface area contributed by atoms with Crippen LogP contribution in [0.15, 0.2) is 53.6 Å². The number of unbranched alkanes of at least 4 members (excludes halogenated alkanes) is 1. The van der Waals surface area contributed by atoms with Crippen LogP contribution in [0.25, 0.3) is 10.9 Å². The fraction of sp³-hybridized carbons (Fsp3) is 0.211. The van der Waals surface area contributed by atoms with Crippen LogP contribution in [0.5, 0.6) is 5.75 Å². The van der Waals surface area contributed by atoms with Crippen LogP contribution in [0.2, 0.25) is 0 Å². The lowest BCUT2D eigenvalue weighted by Crippen LogP contribution is -2.22. The molecule has 27 heavy (non-hydrogen) atoms. The summed E-state index contributed by atoms with van der Waals surface area (Å²) in [5, 5.41) is 14.7. The molecule has 1 heterocycles. The Morgan fingerprint density at radius 1 is 1.19 bits per heavy atom. The lowest BCUT2D eigenvalue weighted by molar-refractivity contribution is 0.468. The summed E-state index contributed by atoms with van der Waals surface area (Å²) < 4.78 is 3.26. The topological polar surface area (TPSA) is 67.5 Å². The summed E-state index contributed by atoms with van der Waals surface area (Å²) in [5.41, 5.74) is 1.19. The molecule has 5 nitrogen and oxygen atoms in total. The molecule has 0 spiro atoms. The second-order valence-corrected chi connectivity index (χ2v) is 8.61. The summed E-state index contributed by atoms with van der Waals surface area (Å²) in [6.45, 7) is 2.09. The van der Waals surface area contributed by atoms with Gasteiger partial charge < -0.3 is 5.11 Å². The number of phenols is 1. The van der Waals surface area contributed by atoms with E-state index >= 15 is 0 Å². The second-order valence-electron chi connectivity index (χ2n) is 5.99. The summed E-state index contributed by atoms with van der Waals surface area (Å²) in [7, 11) is 0. The first kappa shape index (κ1) is 20.2. The number of aryl methyl sites for hydroxylation is 1. The van der Waals surface area contributed by atoms with E-state index in [2.05, 4.69) is 64.8 Å². The van der Waals surface area contributed by atoms with Crippen molar-refractivity contribution in [3.63, 3.8) is 0 Å². The van der Waals surface area contributed by atoms with Crippen LogP contribution >= 0.6 is 47.8 Å². The molecule has 140 valence electrons. The van der Waals surface area contributed by atoms with Gasteiger partial charge in [0.2, 0.25) is 0 Å². The van der Waals surface area contributed by atoms with Crippen LogP contribution in [0.4, 0.5) is 0 Å². The highest BCUT2D eigenvalue weighted by Gasteiger charge is 2.11. The second kappa shape index (κ2) is 8.67. The minimum Gasteiger partial charge on any atom is -0.506 e. The van der Waals surface area contributed by atoms with Crippen LogP contribution in [0.3, 0.4) is 0 Å². The number of aromatic nitrogens is 2. The molecule has 1 aromatic heterocycles. The molecule has 0 unspecified atom stereocenters. The normalized spacial score (nSPS) is 11.6. The number of phenolic OH excluding ortho intramolecular Hbond substituents is 1. The molecular formula is C19H16Br3N3O2. The van der Waals surface area contributed by atoms with Crippen molar-refractivity contribution >= 4 is 64.9 Å². The molecule has 0 fully saturated rings. The lowest BCUT2D eigenvalue weighted by atomic mass is 10.2. The third-order valence-electron chi connectivity index (χ3n) is 3.99. The van der Waals surface area contributed by atoms with E-state index in [1.807, 2.05) is 12.1 Å². The molecule has 3 aromatic rings. The molecule has 0 radical (unpaired) electrons. The molecule has 0 bridgehead atoms. The van der Waals surface area contributed by atoms with Gasteiger partial charge in [-0.05, 0) is 74.2 Å². The first-order valence-corrected chi connectivity index (χ1v) is 10.7. The largest absolute Gasteiger partial charge is 0.506 e. The van der Waals surface area contributed by atoms with Gasteiger partial charge in [-0.15, -0.1) is 0 Å². The average Bonchev–Trinajstić information content (AvgIpc) is 2.64. The molecule has 3 rings (SSSR count). The van der Waals surface area contributed by atoms with Gasteiger partial charge in [0.25, 0.3) is 5.56 Å². The van der Waals surface area contributed by atoms with Crippen LogP contribution in [-0.2, 0) is 6.42 Å². The average molecular weight is 558 g/mol. The van der Waals surface area contributed by atoms with E-state index in [-0.39, 0.29) is 11.3 Å². The summed E-state index contributed by atoms with van der Waals surface area (Å²) in [5.74, 6) is 0.745. The molecule has 2 aromatic carbocycles.